The number of anilines is 1. The second-order valence-electron chi connectivity index (χ2n) is 6.28. The number of non-ortho nitro benzene ring substituents is 1. The first kappa shape index (κ1) is 22.9. The molecule has 1 N–H and O–H groups in total. The summed E-state index contributed by atoms with van der Waals surface area (Å²) in [6, 6.07) is 12.5. The maximum Gasteiger partial charge on any atom is 0.287 e. The lowest BCUT2D eigenvalue weighted by atomic mass is 10.2. The molecule has 0 spiro atoms. The third-order valence-electron chi connectivity index (χ3n) is 4.13. The maximum atomic E-state index is 10.8. The topological polar surface area (TPSA) is 142 Å². The summed E-state index contributed by atoms with van der Waals surface area (Å²) in [6.07, 6.45) is 2.69. The molecule has 3 aromatic rings. The number of methoxy groups -OCH3 is 1. The van der Waals surface area contributed by atoms with Gasteiger partial charge in [-0.05, 0) is 64.0 Å². The molecule has 0 aliphatic rings. The van der Waals surface area contributed by atoms with Gasteiger partial charge >= 0.3 is 0 Å². The van der Waals surface area contributed by atoms with E-state index in [0.717, 1.165) is 20.9 Å². The number of nitro groups is 2. The van der Waals surface area contributed by atoms with Crippen LogP contribution in [0.15, 0.2) is 59.8 Å². The van der Waals surface area contributed by atoms with Gasteiger partial charge in [0, 0.05) is 18.2 Å². The van der Waals surface area contributed by atoms with Crippen molar-refractivity contribution in [1.29, 1.82) is 0 Å². The summed E-state index contributed by atoms with van der Waals surface area (Å²) in [5.74, 6) is 1.39. The third-order valence-corrected chi connectivity index (χ3v) is 4.93. The van der Waals surface area contributed by atoms with E-state index in [1.807, 2.05) is 6.07 Å². The summed E-state index contributed by atoms with van der Waals surface area (Å²) < 4.78 is 12.1. The molecule has 0 unspecified atom stereocenters. The van der Waals surface area contributed by atoms with Crippen LogP contribution in [0.5, 0.6) is 11.5 Å². The van der Waals surface area contributed by atoms with E-state index >= 15 is 0 Å². The molecule has 0 aliphatic heterocycles. The quantitative estimate of drug-likeness (QED) is 0.178. The van der Waals surface area contributed by atoms with Crippen molar-refractivity contribution in [2.75, 3.05) is 12.5 Å². The molecule has 12 heteroatoms. The Hall–Kier alpha value is -3.81. The number of hydrogen-bond donors (Lipinski definition) is 1. The molecule has 0 amide bonds. The van der Waals surface area contributed by atoms with Crippen LogP contribution in [0.4, 0.5) is 17.2 Å². The van der Waals surface area contributed by atoms with Crippen LogP contribution in [0.3, 0.4) is 0 Å². The molecule has 0 radical (unpaired) electrons. The molecule has 0 saturated heterocycles. The fraction of sp³-hybridized carbons (Fsp3) is 0.100. The number of hydrazone groups is 1. The van der Waals surface area contributed by atoms with E-state index in [2.05, 4.69) is 38.1 Å². The van der Waals surface area contributed by atoms with Gasteiger partial charge in [-0.25, -0.2) is 4.98 Å². The molecule has 0 atom stereocenters. The van der Waals surface area contributed by atoms with E-state index in [-0.39, 0.29) is 18.0 Å². The highest BCUT2D eigenvalue weighted by Gasteiger charge is 2.12. The monoisotopic (exact) mass is 549 g/mol. The zero-order chi connectivity index (χ0) is 23.1. The number of nitrogens with zero attached hydrogens (tertiary/aromatic N) is 4. The Morgan fingerprint density at radius 3 is 2.38 bits per heavy atom. The van der Waals surface area contributed by atoms with Crippen LogP contribution in [0, 0.1) is 23.8 Å². The molecule has 1 heterocycles. The first-order chi connectivity index (χ1) is 15.4. The van der Waals surface area contributed by atoms with Crippen molar-refractivity contribution in [3.05, 3.63) is 89.7 Å². The fourth-order valence-corrected chi connectivity index (χ4v) is 3.34. The van der Waals surface area contributed by atoms with Crippen molar-refractivity contribution >= 4 is 46.0 Å². The number of nitro benzene ring substituents is 1. The Morgan fingerprint density at radius 2 is 1.78 bits per heavy atom. The molecule has 0 aliphatic carbocycles. The Morgan fingerprint density at radius 1 is 1.09 bits per heavy atom. The van der Waals surface area contributed by atoms with Crippen LogP contribution in [0.1, 0.15) is 11.1 Å². The lowest BCUT2D eigenvalue weighted by Gasteiger charge is -2.13. The highest BCUT2D eigenvalue weighted by atomic mass is 127. The van der Waals surface area contributed by atoms with Crippen molar-refractivity contribution in [2.24, 2.45) is 5.10 Å². The average molecular weight is 549 g/mol. The van der Waals surface area contributed by atoms with Crippen LogP contribution in [-0.2, 0) is 6.61 Å². The third kappa shape index (κ3) is 5.87. The molecule has 0 fully saturated rings. The number of pyridine rings is 1. The van der Waals surface area contributed by atoms with E-state index in [1.54, 1.807) is 24.4 Å². The van der Waals surface area contributed by atoms with Gasteiger partial charge in [0.25, 0.3) is 11.4 Å². The van der Waals surface area contributed by atoms with Crippen LogP contribution in [0.25, 0.3) is 0 Å². The van der Waals surface area contributed by atoms with Gasteiger partial charge in [-0.15, -0.1) is 0 Å². The molecule has 3 rings (SSSR count). The fourth-order valence-electron chi connectivity index (χ4n) is 2.56. The number of hydrogen-bond acceptors (Lipinski definition) is 9. The summed E-state index contributed by atoms with van der Waals surface area (Å²) >= 11 is 2.11. The van der Waals surface area contributed by atoms with Gasteiger partial charge in [0.1, 0.15) is 18.6 Å². The second kappa shape index (κ2) is 10.5. The van der Waals surface area contributed by atoms with E-state index in [9.17, 15) is 20.2 Å². The summed E-state index contributed by atoms with van der Waals surface area (Å²) in [5, 5.41) is 25.5. The van der Waals surface area contributed by atoms with Gasteiger partial charge in [0.05, 0.1) is 26.7 Å². The number of benzene rings is 2. The highest BCUT2D eigenvalue weighted by Crippen LogP contribution is 2.34. The SMILES string of the molecule is COc1cc(/C=N/Nc2ccc([N+](=O)[O-])cn2)cc(I)c1OCc1ccc([N+](=O)[O-])cc1. The number of ether oxygens (including phenoxy) is 2. The molecule has 2 aromatic carbocycles. The largest absolute Gasteiger partial charge is 0.493 e. The van der Waals surface area contributed by atoms with E-state index in [1.165, 1.54) is 31.4 Å². The zero-order valence-electron chi connectivity index (χ0n) is 16.6. The molecule has 164 valence electrons. The van der Waals surface area contributed by atoms with Crippen molar-refractivity contribution in [2.45, 2.75) is 6.61 Å². The molecule has 32 heavy (non-hydrogen) atoms. The Balaban J connectivity index is 1.67. The molecule has 11 nitrogen and oxygen atoms in total. The summed E-state index contributed by atoms with van der Waals surface area (Å²) in [6.45, 7) is 0.213. The predicted octanol–water partition coefficient (Wildman–Crippen LogP) is 4.54. The standard InChI is InChI=1S/C20H16IN5O6/c1-31-18-9-14(10-23-24-19-7-6-16(11-22-19)26(29)30)8-17(21)20(18)32-12-13-2-4-15(5-3-13)25(27)28/h2-11H,12H2,1H3,(H,22,24)/b23-10+. The molecule has 0 saturated carbocycles. The van der Waals surface area contributed by atoms with E-state index < -0.39 is 9.85 Å². The number of halogens is 1. The van der Waals surface area contributed by atoms with Gasteiger partial charge in [-0.1, -0.05) is 0 Å². The van der Waals surface area contributed by atoms with Gasteiger partial charge < -0.3 is 9.47 Å². The number of rotatable bonds is 9. The van der Waals surface area contributed by atoms with Crippen molar-refractivity contribution in [3.8, 4) is 11.5 Å². The number of nitrogens with one attached hydrogen (secondary N) is 1. The zero-order valence-corrected chi connectivity index (χ0v) is 18.8. The first-order valence-corrected chi connectivity index (χ1v) is 10.1. The average Bonchev–Trinajstić information content (AvgIpc) is 2.78. The Kier molecular flexibility index (Phi) is 7.49. The summed E-state index contributed by atoms with van der Waals surface area (Å²) in [5.41, 5.74) is 4.11. The minimum Gasteiger partial charge on any atom is -0.493 e. The summed E-state index contributed by atoms with van der Waals surface area (Å²) in [4.78, 5) is 24.4. The van der Waals surface area contributed by atoms with Crippen LogP contribution in [0.2, 0.25) is 0 Å². The van der Waals surface area contributed by atoms with Crippen LogP contribution >= 0.6 is 22.6 Å². The van der Waals surface area contributed by atoms with Crippen LogP contribution in [-0.4, -0.2) is 28.2 Å². The van der Waals surface area contributed by atoms with Crippen molar-refractivity contribution < 1.29 is 19.3 Å². The molecular formula is C20H16IN5O6. The van der Waals surface area contributed by atoms with Crippen molar-refractivity contribution in [1.82, 2.24) is 4.98 Å². The van der Waals surface area contributed by atoms with Crippen molar-refractivity contribution in [3.63, 3.8) is 0 Å². The lowest BCUT2D eigenvalue weighted by Crippen LogP contribution is -2.01. The van der Waals surface area contributed by atoms with Gasteiger partial charge in [-0.2, -0.15) is 5.10 Å². The Labute approximate surface area is 195 Å². The minimum atomic E-state index is -0.528. The molecule has 1 aromatic heterocycles. The summed E-state index contributed by atoms with van der Waals surface area (Å²) in [7, 11) is 1.52. The first-order valence-electron chi connectivity index (χ1n) is 9.00. The van der Waals surface area contributed by atoms with Crippen LogP contribution < -0.4 is 14.9 Å². The smallest absolute Gasteiger partial charge is 0.287 e. The normalized spacial score (nSPS) is 10.7. The lowest BCUT2D eigenvalue weighted by molar-refractivity contribution is -0.385. The van der Waals surface area contributed by atoms with Gasteiger partial charge in [-0.3, -0.25) is 25.7 Å². The Bertz CT molecular complexity index is 1150. The van der Waals surface area contributed by atoms with Gasteiger partial charge in [0.2, 0.25) is 0 Å². The van der Waals surface area contributed by atoms with E-state index in [4.69, 9.17) is 9.47 Å². The maximum absolute atomic E-state index is 10.8. The molecule has 0 bridgehead atoms. The molecular weight excluding hydrogens is 533 g/mol. The predicted molar refractivity (Wildman–Crippen MR) is 125 cm³/mol. The minimum absolute atomic E-state index is 0.0158. The van der Waals surface area contributed by atoms with E-state index in [0.29, 0.717) is 17.3 Å². The highest BCUT2D eigenvalue weighted by molar-refractivity contribution is 14.1. The second-order valence-corrected chi connectivity index (χ2v) is 7.44. The number of aromatic nitrogens is 1. The van der Waals surface area contributed by atoms with Gasteiger partial charge in [0.15, 0.2) is 11.5 Å².